The molecule has 0 radical (unpaired) electrons. The van der Waals surface area contributed by atoms with Crippen molar-refractivity contribution in [1.82, 2.24) is 10.3 Å². The number of nitrogens with one attached hydrogen (secondary N) is 1. The number of aromatic nitrogens is 1. The van der Waals surface area contributed by atoms with Crippen molar-refractivity contribution in [2.75, 3.05) is 7.05 Å². The number of rotatable bonds is 4. The molecule has 1 amide bonds. The van der Waals surface area contributed by atoms with Crippen LogP contribution in [0.15, 0.2) is 12.3 Å². The van der Waals surface area contributed by atoms with Crippen LogP contribution in [0.4, 0.5) is 0 Å². The normalized spacial score (nSPS) is 14.8. The monoisotopic (exact) mass is 234 g/mol. The van der Waals surface area contributed by atoms with Gasteiger partial charge in [0, 0.05) is 18.8 Å². The first-order chi connectivity index (χ1) is 8.13. The molecule has 1 aliphatic carbocycles. The van der Waals surface area contributed by atoms with E-state index < -0.39 is 0 Å². The van der Waals surface area contributed by atoms with Crippen LogP contribution in [0.3, 0.4) is 0 Å². The lowest BCUT2D eigenvalue weighted by molar-refractivity contribution is 0.0956. The van der Waals surface area contributed by atoms with E-state index in [4.69, 9.17) is 4.74 Å². The Morgan fingerprint density at radius 2 is 2.24 bits per heavy atom. The van der Waals surface area contributed by atoms with E-state index in [1.165, 1.54) is 0 Å². The number of amides is 1. The highest BCUT2D eigenvalue weighted by Crippen LogP contribution is 2.33. The SMILES string of the molecule is CNC(=O)c1nccc(OC2CC2)c1C(C)C. The van der Waals surface area contributed by atoms with Crippen LogP contribution in [0.5, 0.6) is 5.75 Å². The maximum Gasteiger partial charge on any atom is 0.270 e. The summed E-state index contributed by atoms with van der Waals surface area (Å²) < 4.78 is 5.83. The van der Waals surface area contributed by atoms with Crippen molar-refractivity contribution in [1.29, 1.82) is 0 Å². The Bertz CT molecular complexity index is 425. The lowest BCUT2D eigenvalue weighted by Gasteiger charge is -2.16. The lowest BCUT2D eigenvalue weighted by atomic mass is 10.00. The van der Waals surface area contributed by atoms with Crippen molar-refractivity contribution in [2.45, 2.75) is 38.7 Å². The van der Waals surface area contributed by atoms with E-state index in [0.29, 0.717) is 11.8 Å². The predicted molar refractivity (Wildman–Crippen MR) is 65.4 cm³/mol. The van der Waals surface area contributed by atoms with Crippen molar-refractivity contribution < 1.29 is 9.53 Å². The Balaban J connectivity index is 2.39. The van der Waals surface area contributed by atoms with Crippen molar-refractivity contribution >= 4 is 5.91 Å². The number of pyridine rings is 1. The first-order valence-corrected chi connectivity index (χ1v) is 6.01. The quantitative estimate of drug-likeness (QED) is 0.868. The average Bonchev–Trinajstić information content (AvgIpc) is 3.11. The van der Waals surface area contributed by atoms with Gasteiger partial charge in [-0.2, -0.15) is 0 Å². The van der Waals surface area contributed by atoms with Crippen molar-refractivity contribution in [2.24, 2.45) is 0 Å². The topological polar surface area (TPSA) is 51.2 Å². The zero-order chi connectivity index (χ0) is 12.4. The molecule has 1 aliphatic rings. The second-order valence-electron chi connectivity index (χ2n) is 4.62. The standard InChI is InChI=1S/C13H18N2O2/c1-8(2)11-10(17-9-4-5-9)6-7-15-12(11)13(16)14-3/h6-9H,4-5H2,1-3H3,(H,14,16). The molecule has 2 rings (SSSR count). The molecule has 1 aromatic heterocycles. The highest BCUT2D eigenvalue weighted by atomic mass is 16.5. The minimum absolute atomic E-state index is 0.157. The van der Waals surface area contributed by atoms with Crippen molar-refractivity contribution in [3.8, 4) is 5.75 Å². The maximum absolute atomic E-state index is 11.8. The van der Waals surface area contributed by atoms with Crippen molar-refractivity contribution in [3.05, 3.63) is 23.5 Å². The zero-order valence-corrected chi connectivity index (χ0v) is 10.5. The van der Waals surface area contributed by atoms with Gasteiger partial charge in [-0.25, -0.2) is 0 Å². The average molecular weight is 234 g/mol. The second-order valence-corrected chi connectivity index (χ2v) is 4.62. The summed E-state index contributed by atoms with van der Waals surface area (Å²) >= 11 is 0. The molecular formula is C13H18N2O2. The molecule has 0 spiro atoms. The highest BCUT2D eigenvalue weighted by molar-refractivity contribution is 5.94. The minimum Gasteiger partial charge on any atom is -0.490 e. The fourth-order valence-electron chi connectivity index (χ4n) is 1.78. The molecule has 0 atom stereocenters. The molecule has 0 bridgehead atoms. The summed E-state index contributed by atoms with van der Waals surface area (Å²) in [5, 5.41) is 2.62. The van der Waals surface area contributed by atoms with E-state index in [2.05, 4.69) is 10.3 Å². The van der Waals surface area contributed by atoms with Crippen LogP contribution >= 0.6 is 0 Å². The Labute approximate surface area is 101 Å². The molecule has 17 heavy (non-hydrogen) atoms. The molecule has 1 saturated carbocycles. The fraction of sp³-hybridized carbons (Fsp3) is 0.538. The molecule has 1 heterocycles. The molecule has 92 valence electrons. The van der Waals surface area contributed by atoms with Gasteiger partial charge < -0.3 is 10.1 Å². The Hall–Kier alpha value is -1.58. The smallest absolute Gasteiger partial charge is 0.270 e. The molecule has 4 heteroatoms. The molecule has 0 unspecified atom stereocenters. The third kappa shape index (κ3) is 2.57. The van der Waals surface area contributed by atoms with E-state index in [0.717, 1.165) is 24.2 Å². The van der Waals surface area contributed by atoms with E-state index >= 15 is 0 Å². The van der Waals surface area contributed by atoms with Gasteiger partial charge >= 0.3 is 0 Å². The number of hydrogen-bond donors (Lipinski definition) is 1. The third-order valence-corrected chi connectivity index (χ3v) is 2.79. The van der Waals surface area contributed by atoms with Crippen LogP contribution in [0.1, 0.15) is 48.7 Å². The highest BCUT2D eigenvalue weighted by Gasteiger charge is 2.27. The molecule has 4 nitrogen and oxygen atoms in total. The van der Waals surface area contributed by atoms with E-state index in [1.54, 1.807) is 13.2 Å². The van der Waals surface area contributed by atoms with Gasteiger partial charge in [0.2, 0.25) is 0 Å². The summed E-state index contributed by atoms with van der Waals surface area (Å²) in [5.74, 6) is 0.857. The number of nitrogens with zero attached hydrogens (tertiary/aromatic N) is 1. The lowest BCUT2D eigenvalue weighted by Crippen LogP contribution is -2.22. The summed E-state index contributed by atoms with van der Waals surface area (Å²) in [5.41, 5.74) is 1.37. The van der Waals surface area contributed by atoms with Crippen LogP contribution in [-0.4, -0.2) is 24.0 Å². The molecule has 1 aromatic rings. The molecular weight excluding hydrogens is 216 g/mol. The number of ether oxygens (including phenoxy) is 1. The Morgan fingerprint density at radius 3 is 2.76 bits per heavy atom. The van der Waals surface area contributed by atoms with Gasteiger partial charge in [0.15, 0.2) is 0 Å². The second kappa shape index (κ2) is 4.73. The number of carbonyl (C=O) groups excluding carboxylic acids is 1. The van der Waals surface area contributed by atoms with E-state index in [-0.39, 0.29) is 11.8 Å². The summed E-state index contributed by atoms with van der Waals surface area (Å²) in [7, 11) is 1.61. The van der Waals surface area contributed by atoms with Crippen LogP contribution < -0.4 is 10.1 Å². The minimum atomic E-state index is -0.157. The third-order valence-electron chi connectivity index (χ3n) is 2.79. The first-order valence-electron chi connectivity index (χ1n) is 6.01. The van der Waals surface area contributed by atoms with Gasteiger partial charge in [-0.1, -0.05) is 13.8 Å². The molecule has 0 aliphatic heterocycles. The Kier molecular flexibility index (Phi) is 3.31. The molecule has 1 N–H and O–H groups in total. The summed E-state index contributed by atoms with van der Waals surface area (Å²) in [6, 6.07) is 1.85. The summed E-state index contributed by atoms with van der Waals surface area (Å²) in [6.45, 7) is 4.09. The predicted octanol–water partition coefficient (Wildman–Crippen LogP) is 2.11. The van der Waals surface area contributed by atoms with Crippen molar-refractivity contribution in [3.63, 3.8) is 0 Å². The van der Waals surface area contributed by atoms with Gasteiger partial charge in [-0.3, -0.25) is 9.78 Å². The molecule has 0 aromatic carbocycles. The largest absolute Gasteiger partial charge is 0.490 e. The zero-order valence-electron chi connectivity index (χ0n) is 10.5. The number of hydrogen-bond acceptors (Lipinski definition) is 3. The van der Waals surface area contributed by atoms with E-state index in [1.807, 2.05) is 19.9 Å². The van der Waals surface area contributed by atoms with Gasteiger partial charge in [0.05, 0.1) is 6.10 Å². The van der Waals surface area contributed by atoms with Gasteiger partial charge in [0.1, 0.15) is 11.4 Å². The fourth-order valence-corrected chi connectivity index (χ4v) is 1.78. The van der Waals surface area contributed by atoms with Gasteiger partial charge in [-0.05, 0) is 24.8 Å². The van der Waals surface area contributed by atoms with Crippen LogP contribution in [-0.2, 0) is 0 Å². The summed E-state index contributed by atoms with van der Waals surface area (Å²) in [4.78, 5) is 15.9. The van der Waals surface area contributed by atoms with Crippen LogP contribution in [0, 0.1) is 0 Å². The Morgan fingerprint density at radius 1 is 1.53 bits per heavy atom. The van der Waals surface area contributed by atoms with Gasteiger partial charge in [0.25, 0.3) is 5.91 Å². The summed E-state index contributed by atoms with van der Waals surface area (Å²) in [6.07, 6.45) is 4.17. The van der Waals surface area contributed by atoms with Gasteiger partial charge in [-0.15, -0.1) is 0 Å². The van der Waals surface area contributed by atoms with E-state index in [9.17, 15) is 4.79 Å². The van der Waals surface area contributed by atoms with Crippen LogP contribution in [0.25, 0.3) is 0 Å². The molecule has 1 fully saturated rings. The maximum atomic E-state index is 11.8. The number of carbonyl (C=O) groups is 1. The molecule has 0 saturated heterocycles. The van der Waals surface area contributed by atoms with Crippen LogP contribution in [0.2, 0.25) is 0 Å². The first kappa shape index (κ1) is 11.9.